The summed E-state index contributed by atoms with van der Waals surface area (Å²) in [6.45, 7) is 5.95. The first-order valence-electron chi connectivity index (χ1n) is 12.5. The van der Waals surface area contributed by atoms with E-state index in [1.54, 1.807) is 13.3 Å². The molecule has 7 nitrogen and oxygen atoms in total. The number of hydrogen-bond donors (Lipinski definition) is 1. The number of nitrogens with zero attached hydrogens (tertiary/aromatic N) is 4. The molecule has 1 aromatic carbocycles. The summed E-state index contributed by atoms with van der Waals surface area (Å²) < 4.78 is 13.2. The fourth-order valence-corrected chi connectivity index (χ4v) is 5.56. The third kappa shape index (κ3) is 5.25. The number of benzene rings is 1. The molecule has 1 aliphatic heterocycles. The Kier molecular flexibility index (Phi) is 7.93. The number of ether oxygens (including phenoxy) is 2. The standard InChI is InChI=1S/C29H30ClN5O2S/c1-19-15-23(20(2)34(19)18-21-7-6-11-31-17-21)28-27(25-8-4-5-12-32-25)33-29(38)35(28)22-9-10-26(24(30)16-22)37-14-13-36-3/h4-12,15-17,27-28H,13-14,18H2,1-3H3,(H,33,38)/t27-,28+/m0/s1. The van der Waals surface area contributed by atoms with Crippen molar-refractivity contribution in [3.63, 3.8) is 0 Å². The van der Waals surface area contributed by atoms with Gasteiger partial charge in [0.15, 0.2) is 5.11 Å². The van der Waals surface area contributed by atoms with E-state index in [9.17, 15) is 0 Å². The molecule has 0 radical (unpaired) electrons. The molecule has 5 rings (SSSR count). The molecule has 38 heavy (non-hydrogen) atoms. The lowest BCUT2D eigenvalue weighted by molar-refractivity contribution is 0.146. The number of thiocarbonyl (C=S) groups is 1. The Labute approximate surface area is 233 Å². The van der Waals surface area contributed by atoms with Crippen molar-refractivity contribution in [2.24, 2.45) is 0 Å². The molecular weight excluding hydrogens is 518 g/mol. The van der Waals surface area contributed by atoms with Crippen molar-refractivity contribution in [3.8, 4) is 5.75 Å². The molecule has 1 saturated heterocycles. The maximum atomic E-state index is 6.65. The fraction of sp³-hybridized carbons (Fsp3) is 0.276. The second-order valence-corrected chi connectivity index (χ2v) is 10.0. The van der Waals surface area contributed by atoms with E-state index in [-0.39, 0.29) is 12.1 Å². The summed E-state index contributed by atoms with van der Waals surface area (Å²) in [5.74, 6) is 0.609. The molecular formula is C29H30ClN5O2S. The van der Waals surface area contributed by atoms with E-state index in [0.29, 0.717) is 29.1 Å². The Balaban J connectivity index is 1.56. The van der Waals surface area contributed by atoms with Gasteiger partial charge in [-0.1, -0.05) is 23.7 Å². The van der Waals surface area contributed by atoms with Gasteiger partial charge in [-0.2, -0.15) is 0 Å². The smallest absolute Gasteiger partial charge is 0.174 e. The van der Waals surface area contributed by atoms with Crippen LogP contribution in [0, 0.1) is 13.8 Å². The molecule has 2 atom stereocenters. The van der Waals surface area contributed by atoms with Crippen molar-refractivity contribution in [1.82, 2.24) is 19.9 Å². The van der Waals surface area contributed by atoms with Crippen LogP contribution in [0.25, 0.3) is 0 Å². The van der Waals surface area contributed by atoms with Crippen molar-refractivity contribution < 1.29 is 9.47 Å². The van der Waals surface area contributed by atoms with Crippen LogP contribution in [-0.4, -0.2) is 40.0 Å². The van der Waals surface area contributed by atoms with Gasteiger partial charge in [0.05, 0.1) is 29.4 Å². The number of rotatable bonds is 9. The molecule has 0 aliphatic carbocycles. The van der Waals surface area contributed by atoms with Gasteiger partial charge in [-0.25, -0.2) is 0 Å². The van der Waals surface area contributed by atoms with Gasteiger partial charge in [0.1, 0.15) is 12.4 Å². The maximum absolute atomic E-state index is 6.65. The highest BCUT2D eigenvalue weighted by atomic mass is 35.5. The van der Waals surface area contributed by atoms with E-state index < -0.39 is 0 Å². The number of aromatic nitrogens is 3. The normalized spacial score (nSPS) is 17.1. The zero-order chi connectivity index (χ0) is 26.6. The van der Waals surface area contributed by atoms with Crippen molar-refractivity contribution in [2.75, 3.05) is 25.2 Å². The minimum absolute atomic E-state index is 0.137. The highest BCUT2D eigenvalue weighted by molar-refractivity contribution is 7.80. The summed E-state index contributed by atoms with van der Waals surface area (Å²) >= 11 is 12.6. The third-order valence-corrected chi connectivity index (χ3v) is 7.44. The summed E-state index contributed by atoms with van der Waals surface area (Å²) in [7, 11) is 1.64. The Hall–Kier alpha value is -3.46. The van der Waals surface area contributed by atoms with Crippen LogP contribution in [0.1, 0.15) is 40.3 Å². The lowest BCUT2D eigenvalue weighted by atomic mass is 9.96. The highest BCUT2D eigenvalue weighted by Gasteiger charge is 2.42. The van der Waals surface area contributed by atoms with Crippen molar-refractivity contribution in [2.45, 2.75) is 32.5 Å². The summed E-state index contributed by atoms with van der Waals surface area (Å²) in [5.41, 5.74) is 6.45. The van der Waals surface area contributed by atoms with E-state index in [4.69, 9.17) is 33.3 Å². The third-order valence-electron chi connectivity index (χ3n) is 6.83. The monoisotopic (exact) mass is 547 g/mol. The zero-order valence-electron chi connectivity index (χ0n) is 21.6. The second-order valence-electron chi connectivity index (χ2n) is 9.23. The molecule has 1 N–H and O–H groups in total. The van der Waals surface area contributed by atoms with Crippen LogP contribution < -0.4 is 15.0 Å². The maximum Gasteiger partial charge on any atom is 0.174 e. The summed E-state index contributed by atoms with van der Waals surface area (Å²) in [5, 5.41) is 4.67. The molecule has 0 saturated carbocycles. The predicted molar refractivity (Wildman–Crippen MR) is 154 cm³/mol. The molecule has 4 aromatic rings. The van der Waals surface area contributed by atoms with Crippen LogP contribution in [0.5, 0.6) is 5.75 Å². The molecule has 1 fully saturated rings. The Morgan fingerprint density at radius 2 is 1.92 bits per heavy atom. The molecule has 9 heteroatoms. The molecule has 3 aromatic heterocycles. The lowest BCUT2D eigenvalue weighted by Crippen LogP contribution is -2.29. The SMILES string of the molecule is COCCOc1ccc(N2C(=S)N[C@@H](c3ccccn3)[C@H]2c2cc(C)n(Cc3cccnc3)c2C)cc1Cl. The number of anilines is 1. The number of nitrogens with one attached hydrogen (secondary N) is 1. The average Bonchev–Trinajstić information content (AvgIpc) is 3.41. The first kappa shape index (κ1) is 26.2. The Bertz CT molecular complexity index is 1410. The summed E-state index contributed by atoms with van der Waals surface area (Å²) in [6.07, 6.45) is 5.52. The van der Waals surface area contributed by atoms with Crippen LogP contribution in [0.2, 0.25) is 5.02 Å². The molecule has 4 heterocycles. The van der Waals surface area contributed by atoms with E-state index >= 15 is 0 Å². The molecule has 196 valence electrons. The second kappa shape index (κ2) is 11.5. The average molecular weight is 548 g/mol. The van der Waals surface area contributed by atoms with Crippen LogP contribution in [0.3, 0.4) is 0 Å². The first-order valence-corrected chi connectivity index (χ1v) is 13.2. The van der Waals surface area contributed by atoms with Crippen molar-refractivity contribution in [3.05, 3.63) is 106 Å². The van der Waals surface area contributed by atoms with Gasteiger partial charge in [0.2, 0.25) is 0 Å². The van der Waals surface area contributed by atoms with Crippen LogP contribution >= 0.6 is 23.8 Å². The lowest BCUT2D eigenvalue weighted by Gasteiger charge is -2.28. The molecule has 0 bridgehead atoms. The number of halogens is 1. The van der Waals surface area contributed by atoms with Gasteiger partial charge < -0.3 is 24.3 Å². The number of aryl methyl sites for hydroxylation is 1. The molecule has 0 unspecified atom stereocenters. The minimum atomic E-state index is -0.146. The minimum Gasteiger partial charge on any atom is -0.490 e. The van der Waals surface area contributed by atoms with Gasteiger partial charge in [-0.05, 0) is 79.7 Å². The van der Waals surface area contributed by atoms with Crippen molar-refractivity contribution in [1.29, 1.82) is 0 Å². The van der Waals surface area contributed by atoms with Gasteiger partial charge in [-0.15, -0.1) is 0 Å². The van der Waals surface area contributed by atoms with Crippen LogP contribution in [0.4, 0.5) is 5.69 Å². The van der Waals surface area contributed by atoms with E-state index in [1.165, 1.54) is 17.0 Å². The van der Waals surface area contributed by atoms with Gasteiger partial charge in [-0.3, -0.25) is 9.97 Å². The molecule has 0 spiro atoms. The summed E-state index contributed by atoms with van der Waals surface area (Å²) in [6, 6.07) is 17.8. The van der Waals surface area contributed by atoms with E-state index in [2.05, 4.69) is 50.7 Å². The van der Waals surface area contributed by atoms with E-state index in [0.717, 1.165) is 23.5 Å². The topological polar surface area (TPSA) is 64.4 Å². The quantitative estimate of drug-likeness (QED) is 0.210. The first-order chi connectivity index (χ1) is 18.5. The summed E-state index contributed by atoms with van der Waals surface area (Å²) in [4.78, 5) is 11.1. The molecule has 0 amide bonds. The highest BCUT2D eigenvalue weighted by Crippen LogP contribution is 2.44. The number of methoxy groups -OCH3 is 1. The van der Waals surface area contributed by atoms with Gasteiger partial charge in [0.25, 0.3) is 0 Å². The Morgan fingerprint density at radius 1 is 1.05 bits per heavy atom. The van der Waals surface area contributed by atoms with E-state index in [1.807, 2.05) is 54.9 Å². The number of hydrogen-bond acceptors (Lipinski definition) is 5. The number of pyridine rings is 2. The largest absolute Gasteiger partial charge is 0.490 e. The van der Waals surface area contributed by atoms with Crippen molar-refractivity contribution >= 4 is 34.6 Å². The van der Waals surface area contributed by atoms with Crippen LogP contribution in [0.15, 0.2) is 73.2 Å². The zero-order valence-corrected chi connectivity index (χ0v) is 23.2. The van der Waals surface area contributed by atoms with Gasteiger partial charge in [0, 0.05) is 49.3 Å². The predicted octanol–water partition coefficient (Wildman–Crippen LogP) is 5.80. The molecule has 1 aliphatic rings. The van der Waals surface area contributed by atoms with Crippen LogP contribution in [-0.2, 0) is 11.3 Å². The van der Waals surface area contributed by atoms with Gasteiger partial charge >= 0.3 is 0 Å². The Morgan fingerprint density at radius 3 is 2.63 bits per heavy atom. The fourth-order valence-electron chi connectivity index (χ4n) is 4.99.